The molecule has 0 spiro atoms. The summed E-state index contributed by atoms with van der Waals surface area (Å²) < 4.78 is 5.42. The Balaban J connectivity index is 2.10. The second-order valence-electron chi connectivity index (χ2n) is 4.35. The summed E-state index contributed by atoms with van der Waals surface area (Å²) in [5.41, 5.74) is 7.25. The first-order valence-electron chi connectivity index (χ1n) is 6.26. The summed E-state index contributed by atoms with van der Waals surface area (Å²) in [6, 6.07) is 5.26. The molecule has 4 N–H and O–H groups in total. The van der Waals surface area contributed by atoms with E-state index in [-0.39, 0.29) is 11.9 Å². The number of rotatable bonds is 4. The molecule has 0 radical (unpaired) electrons. The number of amides is 1. The number of benzene rings is 1. The van der Waals surface area contributed by atoms with Crippen LogP contribution in [0, 0.1) is 0 Å². The molecule has 1 atom stereocenters. The number of hydrogen-bond donors (Lipinski definition) is 3. The van der Waals surface area contributed by atoms with Crippen LogP contribution < -0.4 is 21.1 Å². The molecular formula is C13H19N3O2. The number of hydrogen-bond acceptors (Lipinski definition) is 4. The van der Waals surface area contributed by atoms with E-state index >= 15 is 0 Å². The number of anilines is 2. The Hall–Kier alpha value is -1.91. The fourth-order valence-corrected chi connectivity index (χ4v) is 2.07. The number of carbonyl (C=O) groups excluding carboxylic acids is 1. The zero-order valence-electron chi connectivity index (χ0n) is 10.5. The predicted octanol–water partition coefficient (Wildman–Crippen LogP) is 1.36. The van der Waals surface area contributed by atoms with Gasteiger partial charge in [0.15, 0.2) is 0 Å². The van der Waals surface area contributed by atoms with E-state index in [4.69, 9.17) is 10.5 Å². The van der Waals surface area contributed by atoms with E-state index < -0.39 is 0 Å². The highest BCUT2D eigenvalue weighted by Gasteiger charge is 2.21. The van der Waals surface area contributed by atoms with E-state index in [2.05, 4.69) is 10.6 Å². The zero-order chi connectivity index (χ0) is 13.0. The molecule has 18 heavy (non-hydrogen) atoms. The molecule has 1 amide bonds. The minimum absolute atomic E-state index is 0.0432. The van der Waals surface area contributed by atoms with Crippen LogP contribution in [0.15, 0.2) is 18.2 Å². The van der Waals surface area contributed by atoms with E-state index in [0.29, 0.717) is 12.3 Å². The average molecular weight is 249 g/mol. The summed E-state index contributed by atoms with van der Waals surface area (Å²) >= 11 is 0. The molecule has 1 aliphatic heterocycles. The molecule has 1 aliphatic rings. The monoisotopic (exact) mass is 249 g/mol. The normalized spacial score (nSPS) is 19.2. The number of carbonyl (C=O) groups is 1. The molecule has 5 heteroatoms. The van der Waals surface area contributed by atoms with Gasteiger partial charge in [0.05, 0.1) is 6.61 Å². The molecule has 0 aliphatic carbocycles. The van der Waals surface area contributed by atoms with Crippen molar-refractivity contribution in [3.63, 3.8) is 0 Å². The number of ether oxygens (including phenoxy) is 1. The maximum absolute atomic E-state index is 11.7. The van der Waals surface area contributed by atoms with Gasteiger partial charge in [0.2, 0.25) is 5.91 Å². The van der Waals surface area contributed by atoms with Gasteiger partial charge in [0.25, 0.3) is 0 Å². The van der Waals surface area contributed by atoms with Crippen molar-refractivity contribution in [2.45, 2.75) is 25.8 Å². The molecule has 1 heterocycles. The van der Waals surface area contributed by atoms with Gasteiger partial charge in [-0.3, -0.25) is 4.79 Å². The highest BCUT2D eigenvalue weighted by molar-refractivity contribution is 5.85. The van der Waals surface area contributed by atoms with E-state index in [1.807, 2.05) is 19.1 Å². The van der Waals surface area contributed by atoms with E-state index in [0.717, 1.165) is 30.8 Å². The molecule has 1 aromatic carbocycles. The van der Waals surface area contributed by atoms with Crippen LogP contribution in [-0.2, 0) is 4.79 Å². The minimum Gasteiger partial charge on any atom is -0.494 e. The smallest absolute Gasteiger partial charge is 0.242 e. The summed E-state index contributed by atoms with van der Waals surface area (Å²) in [6.45, 7) is 3.27. The van der Waals surface area contributed by atoms with Gasteiger partial charge in [-0.1, -0.05) is 0 Å². The summed E-state index contributed by atoms with van der Waals surface area (Å²) in [6.07, 6.45) is 1.83. The Labute approximate surface area is 107 Å². The molecule has 0 aromatic heterocycles. The number of nitrogens with one attached hydrogen (secondary N) is 2. The van der Waals surface area contributed by atoms with Crippen LogP contribution in [-0.4, -0.2) is 25.1 Å². The molecule has 0 saturated carbocycles. The molecule has 5 nitrogen and oxygen atoms in total. The van der Waals surface area contributed by atoms with Crippen LogP contribution in [0.5, 0.6) is 5.75 Å². The Bertz CT molecular complexity index is 434. The Morgan fingerprint density at radius 3 is 3.06 bits per heavy atom. The molecule has 1 saturated heterocycles. The third-order valence-electron chi connectivity index (χ3n) is 2.87. The SMILES string of the molecule is CCOc1cc(N)cc(NC2CCCNC2=O)c1. The van der Waals surface area contributed by atoms with E-state index in [1.165, 1.54) is 0 Å². The third kappa shape index (κ3) is 3.06. The fraction of sp³-hybridized carbons (Fsp3) is 0.462. The molecule has 2 rings (SSSR count). The minimum atomic E-state index is -0.185. The Morgan fingerprint density at radius 2 is 2.33 bits per heavy atom. The van der Waals surface area contributed by atoms with Crippen molar-refractivity contribution in [2.75, 3.05) is 24.2 Å². The molecule has 1 fully saturated rings. The molecule has 1 aromatic rings. The van der Waals surface area contributed by atoms with Gasteiger partial charge in [-0.15, -0.1) is 0 Å². The van der Waals surface area contributed by atoms with Crippen molar-refractivity contribution >= 4 is 17.3 Å². The van der Waals surface area contributed by atoms with Crippen LogP contribution in [0.3, 0.4) is 0 Å². The predicted molar refractivity (Wildman–Crippen MR) is 71.7 cm³/mol. The zero-order valence-corrected chi connectivity index (χ0v) is 10.5. The number of nitrogens with two attached hydrogens (primary N) is 1. The molecular weight excluding hydrogens is 230 g/mol. The van der Waals surface area contributed by atoms with Crippen molar-refractivity contribution in [1.29, 1.82) is 0 Å². The second-order valence-corrected chi connectivity index (χ2v) is 4.35. The van der Waals surface area contributed by atoms with E-state index in [1.54, 1.807) is 6.07 Å². The number of piperidine rings is 1. The Kier molecular flexibility index (Phi) is 3.92. The lowest BCUT2D eigenvalue weighted by Crippen LogP contribution is -2.44. The fourth-order valence-electron chi connectivity index (χ4n) is 2.07. The van der Waals surface area contributed by atoms with Crippen molar-refractivity contribution in [2.24, 2.45) is 0 Å². The van der Waals surface area contributed by atoms with Gasteiger partial charge in [-0.05, 0) is 25.8 Å². The molecule has 0 bridgehead atoms. The lowest BCUT2D eigenvalue weighted by molar-refractivity contribution is -0.123. The van der Waals surface area contributed by atoms with Crippen molar-refractivity contribution in [3.05, 3.63) is 18.2 Å². The van der Waals surface area contributed by atoms with Crippen LogP contribution in [0.4, 0.5) is 11.4 Å². The van der Waals surface area contributed by atoms with Crippen LogP contribution in [0.2, 0.25) is 0 Å². The van der Waals surface area contributed by atoms with Gasteiger partial charge < -0.3 is 21.1 Å². The number of nitrogen functional groups attached to an aromatic ring is 1. The quantitative estimate of drug-likeness (QED) is 0.704. The standard InChI is InChI=1S/C13H19N3O2/c1-2-18-11-7-9(14)6-10(8-11)16-12-4-3-5-15-13(12)17/h6-8,12,16H,2-5,14H2,1H3,(H,15,17). The lowest BCUT2D eigenvalue weighted by atomic mass is 10.1. The van der Waals surface area contributed by atoms with E-state index in [9.17, 15) is 4.79 Å². The average Bonchev–Trinajstić information content (AvgIpc) is 2.32. The first-order chi connectivity index (χ1) is 8.69. The van der Waals surface area contributed by atoms with Crippen LogP contribution in [0.1, 0.15) is 19.8 Å². The van der Waals surface area contributed by atoms with Gasteiger partial charge >= 0.3 is 0 Å². The third-order valence-corrected chi connectivity index (χ3v) is 2.87. The maximum atomic E-state index is 11.7. The summed E-state index contributed by atoms with van der Waals surface area (Å²) in [7, 11) is 0. The first kappa shape index (κ1) is 12.5. The summed E-state index contributed by atoms with van der Waals surface area (Å²) in [5, 5.41) is 6.04. The first-order valence-corrected chi connectivity index (χ1v) is 6.26. The van der Waals surface area contributed by atoms with Gasteiger partial charge in [-0.25, -0.2) is 0 Å². The van der Waals surface area contributed by atoms with Crippen LogP contribution in [0.25, 0.3) is 0 Å². The summed E-state index contributed by atoms with van der Waals surface area (Å²) in [4.78, 5) is 11.7. The van der Waals surface area contributed by atoms with Crippen molar-refractivity contribution in [1.82, 2.24) is 5.32 Å². The highest BCUT2D eigenvalue weighted by Crippen LogP contribution is 2.24. The lowest BCUT2D eigenvalue weighted by Gasteiger charge is -2.24. The molecule has 98 valence electrons. The van der Waals surface area contributed by atoms with Crippen LogP contribution >= 0.6 is 0 Å². The van der Waals surface area contributed by atoms with Gasteiger partial charge in [0, 0.05) is 30.1 Å². The van der Waals surface area contributed by atoms with Gasteiger partial charge in [0.1, 0.15) is 11.8 Å². The maximum Gasteiger partial charge on any atom is 0.242 e. The summed E-state index contributed by atoms with van der Waals surface area (Å²) in [5.74, 6) is 0.762. The second kappa shape index (κ2) is 5.62. The highest BCUT2D eigenvalue weighted by atomic mass is 16.5. The molecule has 1 unspecified atom stereocenters. The van der Waals surface area contributed by atoms with Crippen molar-refractivity contribution < 1.29 is 9.53 Å². The largest absolute Gasteiger partial charge is 0.494 e. The topological polar surface area (TPSA) is 76.4 Å². The van der Waals surface area contributed by atoms with Crippen molar-refractivity contribution in [3.8, 4) is 5.75 Å². The Morgan fingerprint density at radius 1 is 1.50 bits per heavy atom. The van der Waals surface area contributed by atoms with Gasteiger partial charge in [-0.2, -0.15) is 0 Å².